The molecule has 0 saturated carbocycles. The first-order valence-corrected chi connectivity index (χ1v) is 6.45. The topological polar surface area (TPSA) is 60.2 Å². The van der Waals surface area contributed by atoms with E-state index in [2.05, 4.69) is 10.3 Å². The highest BCUT2D eigenvalue weighted by atomic mass is 19.1. The smallest absolute Gasteiger partial charge is 0.218 e. The number of aromatic nitrogens is 1. The minimum absolute atomic E-state index is 0.0388. The van der Waals surface area contributed by atoms with Crippen LogP contribution in [0, 0.1) is 5.82 Å². The summed E-state index contributed by atoms with van der Waals surface area (Å²) in [6, 6.07) is 8.28. The van der Waals surface area contributed by atoms with Gasteiger partial charge in [0.2, 0.25) is 5.88 Å². The first-order valence-electron chi connectivity index (χ1n) is 6.45. The number of nitrogens with two attached hydrogens (primary N) is 1. The van der Waals surface area contributed by atoms with Crippen LogP contribution in [0.4, 0.5) is 15.8 Å². The number of nitrogens with zero attached hydrogens (tertiary/aromatic N) is 1. The number of nitrogens with one attached hydrogen (secondary N) is 1. The largest absolute Gasteiger partial charge is 0.475 e. The average Bonchev–Trinajstić information content (AvgIpc) is 2.39. The number of hydrogen-bond donors (Lipinski definition) is 2. The molecule has 1 heterocycles. The van der Waals surface area contributed by atoms with E-state index in [1.165, 1.54) is 6.07 Å². The summed E-state index contributed by atoms with van der Waals surface area (Å²) in [5.41, 5.74) is 7.19. The van der Waals surface area contributed by atoms with Gasteiger partial charge >= 0.3 is 0 Å². The fourth-order valence-corrected chi connectivity index (χ4v) is 1.75. The lowest BCUT2D eigenvalue weighted by Gasteiger charge is -2.14. The summed E-state index contributed by atoms with van der Waals surface area (Å²) in [4.78, 5) is 4.19. The molecule has 0 radical (unpaired) electrons. The van der Waals surface area contributed by atoms with Crippen LogP contribution >= 0.6 is 0 Å². The Morgan fingerprint density at radius 3 is 2.85 bits per heavy atom. The van der Waals surface area contributed by atoms with Gasteiger partial charge in [0.1, 0.15) is 5.82 Å². The van der Waals surface area contributed by atoms with Crippen LogP contribution in [0.2, 0.25) is 0 Å². The van der Waals surface area contributed by atoms with Crippen molar-refractivity contribution in [3.8, 4) is 5.88 Å². The van der Waals surface area contributed by atoms with E-state index >= 15 is 0 Å². The van der Waals surface area contributed by atoms with Gasteiger partial charge in [-0.3, -0.25) is 0 Å². The second-order valence-electron chi connectivity index (χ2n) is 4.73. The number of pyridine rings is 1. The van der Waals surface area contributed by atoms with Crippen molar-refractivity contribution in [1.82, 2.24) is 4.98 Å². The lowest BCUT2D eigenvalue weighted by molar-refractivity contribution is 0.230. The summed E-state index contributed by atoms with van der Waals surface area (Å²) in [5, 5.41) is 3.02. The maximum absolute atomic E-state index is 13.7. The highest BCUT2D eigenvalue weighted by molar-refractivity contribution is 5.53. The Balaban J connectivity index is 2.10. The Labute approximate surface area is 117 Å². The van der Waals surface area contributed by atoms with Crippen LogP contribution in [0.5, 0.6) is 5.88 Å². The van der Waals surface area contributed by atoms with Crippen LogP contribution in [0.1, 0.15) is 19.4 Å². The van der Waals surface area contributed by atoms with Crippen LogP contribution in [-0.2, 0) is 6.54 Å². The van der Waals surface area contributed by atoms with E-state index in [4.69, 9.17) is 10.5 Å². The number of nitrogen functional groups attached to an aromatic ring is 1. The van der Waals surface area contributed by atoms with Crippen LogP contribution < -0.4 is 15.8 Å². The molecule has 5 heteroatoms. The Hall–Kier alpha value is -2.30. The molecule has 0 aliphatic carbocycles. The van der Waals surface area contributed by atoms with Gasteiger partial charge in [-0.1, -0.05) is 6.07 Å². The van der Waals surface area contributed by atoms with Crippen molar-refractivity contribution in [2.24, 2.45) is 0 Å². The van der Waals surface area contributed by atoms with E-state index < -0.39 is 0 Å². The van der Waals surface area contributed by atoms with Crippen molar-refractivity contribution in [2.75, 3.05) is 11.1 Å². The molecule has 106 valence electrons. The summed E-state index contributed by atoms with van der Waals surface area (Å²) in [6.45, 7) is 4.30. The lowest BCUT2D eigenvalue weighted by Crippen LogP contribution is -2.11. The molecule has 20 heavy (non-hydrogen) atoms. The van der Waals surface area contributed by atoms with Crippen molar-refractivity contribution >= 4 is 11.4 Å². The van der Waals surface area contributed by atoms with Crippen molar-refractivity contribution < 1.29 is 9.13 Å². The lowest BCUT2D eigenvalue weighted by atomic mass is 10.2. The van der Waals surface area contributed by atoms with Gasteiger partial charge in [0, 0.05) is 24.0 Å². The van der Waals surface area contributed by atoms with E-state index in [0.29, 0.717) is 23.8 Å². The monoisotopic (exact) mass is 275 g/mol. The molecule has 0 fully saturated rings. The van der Waals surface area contributed by atoms with Crippen molar-refractivity contribution in [1.29, 1.82) is 0 Å². The van der Waals surface area contributed by atoms with Crippen molar-refractivity contribution in [3.05, 3.63) is 47.9 Å². The average molecular weight is 275 g/mol. The zero-order chi connectivity index (χ0) is 14.5. The maximum atomic E-state index is 13.7. The van der Waals surface area contributed by atoms with Gasteiger partial charge < -0.3 is 15.8 Å². The molecule has 1 aromatic heterocycles. The van der Waals surface area contributed by atoms with Crippen LogP contribution in [0.3, 0.4) is 0 Å². The SMILES string of the molecule is CC(C)Oc1ncccc1CNc1ccc(N)cc1F. The Morgan fingerprint density at radius 1 is 1.35 bits per heavy atom. The van der Waals surface area contributed by atoms with Gasteiger partial charge in [-0.2, -0.15) is 0 Å². The van der Waals surface area contributed by atoms with Gasteiger partial charge in [-0.05, 0) is 38.1 Å². The maximum Gasteiger partial charge on any atom is 0.218 e. The number of benzene rings is 1. The zero-order valence-corrected chi connectivity index (χ0v) is 11.6. The number of hydrogen-bond acceptors (Lipinski definition) is 4. The summed E-state index contributed by atoms with van der Waals surface area (Å²) in [7, 11) is 0. The highest BCUT2D eigenvalue weighted by Crippen LogP contribution is 2.20. The van der Waals surface area contributed by atoms with Crippen LogP contribution in [0.25, 0.3) is 0 Å². The fraction of sp³-hybridized carbons (Fsp3) is 0.267. The van der Waals surface area contributed by atoms with E-state index in [1.54, 1.807) is 18.3 Å². The van der Waals surface area contributed by atoms with Gasteiger partial charge in [-0.15, -0.1) is 0 Å². The van der Waals surface area contributed by atoms with Crippen molar-refractivity contribution in [3.63, 3.8) is 0 Å². The molecule has 2 rings (SSSR count). The molecule has 0 amide bonds. The molecular formula is C15H18FN3O. The predicted octanol–water partition coefficient (Wildman–Crippen LogP) is 3.20. The molecule has 4 nitrogen and oxygen atoms in total. The third kappa shape index (κ3) is 3.60. The molecule has 0 aliphatic rings. The molecule has 2 aromatic rings. The number of ether oxygens (including phenoxy) is 1. The number of rotatable bonds is 5. The Kier molecular flexibility index (Phi) is 4.40. The van der Waals surface area contributed by atoms with Gasteiger partial charge in [0.05, 0.1) is 11.8 Å². The van der Waals surface area contributed by atoms with Gasteiger partial charge in [0.25, 0.3) is 0 Å². The van der Waals surface area contributed by atoms with Crippen LogP contribution in [0.15, 0.2) is 36.5 Å². The second kappa shape index (κ2) is 6.23. The quantitative estimate of drug-likeness (QED) is 0.823. The highest BCUT2D eigenvalue weighted by Gasteiger charge is 2.08. The number of anilines is 2. The molecule has 0 spiro atoms. The molecule has 0 bridgehead atoms. The normalized spacial score (nSPS) is 10.6. The molecule has 0 aliphatic heterocycles. The summed E-state index contributed by atoms with van der Waals surface area (Å²) < 4.78 is 19.3. The first-order chi connectivity index (χ1) is 9.56. The summed E-state index contributed by atoms with van der Waals surface area (Å²) in [6.07, 6.45) is 1.71. The van der Waals surface area contributed by atoms with E-state index in [1.807, 2.05) is 26.0 Å². The summed E-state index contributed by atoms with van der Waals surface area (Å²) in [5.74, 6) is 0.186. The first kappa shape index (κ1) is 14.1. The van der Waals surface area contributed by atoms with Gasteiger partial charge in [0.15, 0.2) is 0 Å². The van der Waals surface area contributed by atoms with E-state index in [0.717, 1.165) is 5.56 Å². The number of halogens is 1. The second-order valence-corrected chi connectivity index (χ2v) is 4.73. The Morgan fingerprint density at radius 2 is 2.15 bits per heavy atom. The molecule has 1 aromatic carbocycles. The van der Waals surface area contributed by atoms with E-state index in [9.17, 15) is 4.39 Å². The van der Waals surface area contributed by atoms with Crippen LogP contribution in [-0.4, -0.2) is 11.1 Å². The van der Waals surface area contributed by atoms with Gasteiger partial charge in [-0.25, -0.2) is 9.37 Å². The molecule has 0 unspecified atom stereocenters. The third-order valence-corrected chi connectivity index (χ3v) is 2.66. The third-order valence-electron chi connectivity index (χ3n) is 2.66. The molecule has 0 saturated heterocycles. The zero-order valence-electron chi connectivity index (χ0n) is 11.6. The fourth-order valence-electron chi connectivity index (χ4n) is 1.75. The summed E-state index contributed by atoms with van der Waals surface area (Å²) >= 11 is 0. The molecule has 3 N–H and O–H groups in total. The Bertz CT molecular complexity index is 587. The predicted molar refractivity (Wildman–Crippen MR) is 78.1 cm³/mol. The molecule has 0 atom stereocenters. The van der Waals surface area contributed by atoms with Crippen molar-refractivity contribution in [2.45, 2.75) is 26.5 Å². The van der Waals surface area contributed by atoms with E-state index in [-0.39, 0.29) is 11.9 Å². The standard InChI is InChI=1S/C15H18FN3O/c1-10(2)20-15-11(4-3-7-18-15)9-19-14-6-5-12(17)8-13(14)16/h3-8,10,19H,9,17H2,1-2H3. The minimum atomic E-state index is -0.375. The minimum Gasteiger partial charge on any atom is -0.475 e. The molecular weight excluding hydrogens is 257 g/mol.